The predicted molar refractivity (Wildman–Crippen MR) is 72.1 cm³/mol. The van der Waals surface area contributed by atoms with E-state index < -0.39 is 5.97 Å². The lowest BCUT2D eigenvalue weighted by Crippen LogP contribution is -2.12. The number of aromatic nitrogens is 3. The quantitative estimate of drug-likeness (QED) is 0.814. The molecule has 2 N–H and O–H groups in total. The van der Waals surface area contributed by atoms with Crippen LogP contribution in [0.4, 0.5) is 5.82 Å². The van der Waals surface area contributed by atoms with Crippen molar-refractivity contribution in [2.75, 3.05) is 5.32 Å². The number of carboxylic acids is 1. The number of hydrogen-bond acceptors (Lipinski definition) is 4. The topological polar surface area (TPSA) is 97.1 Å². The molecule has 0 aliphatic heterocycles. The van der Waals surface area contributed by atoms with E-state index in [0.29, 0.717) is 16.9 Å². The van der Waals surface area contributed by atoms with Crippen LogP contribution in [0, 0.1) is 0 Å². The zero-order valence-electron chi connectivity index (χ0n) is 10.6. The van der Waals surface area contributed by atoms with Gasteiger partial charge in [-0.1, -0.05) is 0 Å². The van der Waals surface area contributed by atoms with Gasteiger partial charge in [-0.3, -0.25) is 9.48 Å². The van der Waals surface area contributed by atoms with Gasteiger partial charge in [-0.15, -0.1) is 0 Å². The Morgan fingerprint density at radius 1 is 1.45 bits per heavy atom. The van der Waals surface area contributed by atoms with Gasteiger partial charge in [-0.25, -0.2) is 9.78 Å². The number of aliphatic carboxylic acids is 1. The SMILES string of the molecule is Cn1cc(C(=O)Nc2cc(/C=C/C(=O)O)ccn2)cn1. The summed E-state index contributed by atoms with van der Waals surface area (Å²) in [5.74, 6) is -1.03. The van der Waals surface area contributed by atoms with Gasteiger partial charge in [0.1, 0.15) is 5.82 Å². The fourth-order valence-corrected chi connectivity index (χ4v) is 1.51. The molecule has 20 heavy (non-hydrogen) atoms. The summed E-state index contributed by atoms with van der Waals surface area (Å²) in [6.07, 6.45) is 6.96. The first-order chi connectivity index (χ1) is 9.54. The van der Waals surface area contributed by atoms with Crippen molar-refractivity contribution >= 4 is 23.8 Å². The number of pyridine rings is 1. The second-order valence-corrected chi connectivity index (χ2v) is 4.00. The van der Waals surface area contributed by atoms with Crippen molar-refractivity contribution in [1.82, 2.24) is 14.8 Å². The number of carbonyl (C=O) groups is 2. The van der Waals surface area contributed by atoms with Gasteiger partial charge in [0.15, 0.2) is 0 Å². The van der Waals surface area contributed by atoms with E-state index in [4.69, 9.17) is 5.11 Å². The Balaban J connectivity index is 2.11. The van der Waals surface area contributed by atoms with Crippen LogP contribution >= 0.6 is 0 Å². The highest BCUT2D eigenvalue weighted by atomic mass is 16.4. The molecule has 1 amide bonds. The Morgan fingerprint density at radius 3 is 2.90 bits per heavy atom. The van der Waals surface area contributed by atoms with Crippen molar-refractivity contribution in [3.8, 4) is 0 Å². The van der Waals surface area contributed by atoms with Gasteiger partial charge in [0.25, 0.3) is 5.91 Å². The third kappa shape index (κ3) is 3.52. The van der Waals surface area contributed by atoms with Gasteiger partial charge in [0.2, 0.25) is 0 Å². The molecule has 2 aromatic heterocycles. The molecule has 0 unspecified atom stereocenters. The number of carboxylic acid groups (broad SMARTS) is 1. The average Bonchev–Trinajstić information content (AvgIpc) is 2.84. The molecule has 0 bridgehead atoms. The van der Waals surface area contributed by atoms with E-state index >= 15 is 0 Å². The van der Waals surface area contributed by atoms with Crippen molar-refractivity contribution in [2.45, 2.75) is 0 Å². The molecule has 0 fully saturated rings. The van der Waals surface area contributed by atoms with Crippen LogP contribution in [0.25, 0.3) is 6.08 Å². The minimum atomic E-state index is -1.04. The number of carbonyl (C=O) groups excluding carboxylic acids is 1. The number of aryl methyl sites for hydroxylation is 1. The third-order valence-electron chi connectivity index (χ3n) is 2.41. The molecule has 0 spiro atoms. The van der Waals surface area contributed by atoms with Crippen LogP contribution in [0.5, 0.6) is 0 Å². The summed E-state index contributed by atoms with van der Waals surface area (Å²) in [6, 6.07) is 3.22. The average molecular weight is 272 g/mol. The van der Waals surface area contributed by atoms with E-state index in [0.717, 1.165) is 6.08 Å². The van der Waals surface area contributed by atoms with Crippen molar-refractivity contribution in [3.63, 3.8) is 0 Å². The predicted octanol–water partition coefficient (Wildman–Crippen LogP) is 1.17. The van der Waals surface area contributed by atoms with Crippen LogP contribution in [-0.2, 0) is 11.8 Å². The normalized spacial score (nSPS) is 10.7. The Morgan fingerprint density at radius 2 is 2.25 bits per heavy atom. The molecular weight excluding hydrogens is 260 g/mol. The van der Waals surface area contributed by atoms with Crippen molar-refractivity contribution < 1.29 is 14.7 Å². The number of amides is 1. The number of rotatable bonds is 4. The minimum Gasteiger partial charge on any atom is -0.478 e. The first kappa shape index (κ1) is 13.5. The first-order valence-corrected chi connectivity index (χ1v) is 5.71. The Hall–Kier alpha value is -2.96. The van der Waals surface area contributed by atoms with Crippen LogP contribution < -0.4 is 5.32 Å². The number of nitrogens with zero attached hydrogens (tertiary/aromatic N) is 3. The summed E-state index contributed by atoms with van der Waals surface area (Å²) in [6.45, 7) is 0. The summed E-state index contributed by atoms with van der Waals surface area (Å²) >= 11 is 0. The smallest absolute Gasteiger partial charge is 0.328 e. The first-order valence-electron chi connectivity index (χ1n) is 5.71. The monoisotopic (exact) mass is 272 g/mol. The molecule has 0 aromatic carbocycles. The summed E-state index contributed by atoms with van der Waals surface area (Å²) in [7, 11) is 1.71. The summed E-state index contributed by atoms with van der Waals surface area (Å²) in [4.78, 5) is 26.3. The molecule has 0 saturated carbocycles. The van der Waals surface area contributed by atoms with Crippen molar-refractivity contribution in [2.24, 2.45) is 7.05 Å². The Labute approximate surface area is 114 Å². The third-order valence-corrected chi connectivity index (χ3v) is 2.41. The Bertz CT molecular complexity index is 676. The molecule has 0 radical (unpaired) electrons. The van der Waals surface area contributed by atoms with Gasteiger partial charge in [-0.2, -0.15) is 5.10 Å². The largest absolute Gasteiger partial charge is 0.478 e. The Kier molecular flexibility index (Phi) is 3.90. The number of nitrogens with one attached hydrogen (secondary N) is 1. The zero-order valence-corrected chi connectivity index (χ0v) is 10.6. The van der Waals surface area contributed by atoms with Gasteiger partial charge >= 0.3 is 5.97 Å². The minimum absolute atomic E-state index is 0.329. The summed E-state index contributed by atoms with van der Waals surface area (Å²) in [5.41, 5.74) is 1.05. The van der Waals surface area contributed by atoms with Crippen LogP contribution in [0.1, 0.15) is 15.9 Å². The molecule has 2 rings (SSSR count). The van der Waals surface area contributed by atoms with Crippen LogP contribution in [-0.4, -0.2) is 31.7 Å². The van der Waals surface area contributed by atoms with Crippen molar-refractivity contribution in [1.29, 1.82) is 0 Å². The lowest BCUT2D eigenvalue weighted by Gasteiger charge is -2.03. The van der Waals surface area contributed by atoms with Crippen LogP contribution in [0.2, 0.25) is 0 Å². The molecule has 0 aliphatic carbocycles. The number of hydrogen-bond donors (Lipinski definition) is 2. The molecule has 0 atom stereocenters. The van der Waals surface area contributed by atoms with Gasteiger partial charge in [-0.05, 0) is 23.8 Å². The highest BCUT2D eigenvalue weighted by molar-refractivity contribution is 6.03. The summed E-state index contributed by atoms with van der Waals surface area (Å²) < 4.78 is 1.52. The van der Waals surface area contributed by atoms with Gasteiger partial charge < -0.3 is 10.4 Å². The molecule has 2 heterocycles. The van der Waals surface area contributed by atoms with Gasteiger partial charge in [0.05, 0.1) is 11.8 Å². The standard InChI is InChI=1S/C13H12N4O3/c1-17-8-10(7-15-17)13(20)16-11-6-9(4-5-14-11)2-3-12(18)19/h2-8H,1H3,(H,18,19)(H,14,16,20)/b3-2+. The molecule has 2 aromatic rings. The molecule has 0 aliphatic rings. The molecular formula is C13H12N4O3. The fraction of sp³-hybridized carbons (Fsp3) is 0.0769. The van der Waals surface area contributed by atoms with E-state index in [2.05, 4.69) is 15.4 Å². The van der Waals surface area contributed by atoms with Crippen LogP contribution in [0.3, 0.4) is 0 Å². The lowest BCUT2D eigenvalue weighted by atomic mass is 10.2. The van der Waals surface area contributed by atoms with E-state index in [1.54, 1.807) is 25.4 Å². The molecule has 7 heteroatoms. The highest BCUT2D eigenvalue weighted by Crippen LogP contribution is 2.10. The van der Waals surface area contributed by atoms with Crippen molar-refractivity contribution in [3.05, 3.63) is 47.9 Å². The van der Waals surface area contributed by atoms with E-state index in [9.17, 15) is 9.59 Å². The number of anilines is 1. The fourth-order valence-electron chi connectivity index (χ4n) is 1.51. The van der Waals surface area contributed by atoms with Gasteiger partial charge in [0, 0.05) is 25.5 Å². The molecule has 102 valence electrons. The maximum Gasteiger partial charge on any atom is 0.328 e. The maximum absolute atomic E-state index is 11.9. The second kappa shape index (κ2) is 5.79. The van der Waals surface area contributed by atoms with Crippen LogP contribution in [0.15, 0.2) is 36.8 Å². The second-order valence-electron chi connectivity index (χ2n) is 4.00. The zero-order chi connectivity index (χ0) is 14.5. The molecule has 0 saturated heterocycles. The maximum atomic E-state index is 11.9. The van der Waals surface area contributed by atoms with E-state index in [1.807, 2.05) is 0 Å². The van der Waals surface area contributed by atoms with E-state index in [-0.39, 0.29) is 5.91 Å². The highest BCUT2D eigenvalue weighted by Gasteiger charge is 2.08. The molecule has 7 nitrogen and oxygen atoms in total. The summed E-state index contributed by atoms with van der Waals surface area (Å²) in [5, 5.41) is 15.1. The lowest BCUT2D eigenvalue weighted by molar-refractivity contribution is -0.131. The van der Waals surface area contributed by atoms with E-state index in [1.165, 1.54) is 23.2 Å².